The zero-order valence-electron chi connectivity index (χ0n) is 20.1. The molecule has 0 aromatic heterocycles. The summed E-state index contributed by atoms with van der Waals surface area (Å²) in [5.74, 6) is 2.63. The van der Waals surface area contributed by atoms with Crippen molar-refractivity contribution in [3.8, 4) is 0 Å². The number of nitrogens with one attached hydrogen (secondary N) is 2. The Morgan fingerprint density at radius 1 is 0.741 bits per heavy atom. The number of rotatable bonds is 5. The summed E-state index contributed by atoms with van der Waals surface area (Å²) in [6.07, 6.45) is 12.3. The second-order valence-electron chi connectivity index (χ2n) is 12.8. The standard InChI is InChI=1S/C25H50N2/c1-19(21-14-16-23(4,5)27-25(8,9)18-21)11-10-12-20-13-15-22(2,3)26-24(6,7)17-20/h19-21,26-27H,10-18H2,1-9H3. The molecule has 27 heavy (non-hydrogen) atoms. The van der Waals surface area contributed by atoms with Gasteiger partial charge in [-0.1, -0.05) is 26.2 Å². The third-order valence-electron chi connectivity index (χ3n) is 7.32. The van der Waals surface area contributed by atoms with Gasteiger partial charge in [0.1, 0.15) is 0 Å². The summed E-state index contributed by atoms with van der Waals surface area (Å²) < 4.78 is 0. The third kappa shape index (κ3) is 7.69. The van der Waals surface area contributed by atoms with Crippen LogP contribution in [-0.2, 0) is 0 Å². The van der Waals surface area contributed by atoms with Crippen LogP contribution in [-0.4, -0.2) is 22.2 Å². The average molecular weight is 379 g/mol. The van der Waals surface area contributed by atoms with Gasteiger partial charge in [0.15, 0.2) is 0 Å². The van der Waals surface area contributed by atoms with Crippen LogP contribution in [0.4, 0.5) is 0 Å². The Bertz CT molecular complexity index is 475. The highest BCUT2D eigenvalue weighted by Crippen LogP contribution is 2.38. The van der Waals surface area contributed by atoms with Gasteiger partial charge in [0.05, 0.1) is 0 Å². The normalized spacial score (nSPS) is 33.7. The SMILES string of the molecule is CC(CCCC1CCC(C)(C)NC(C)(C)C1)C1CCC(C)(C)NC(C)(C)C1. The highest BCUT2D eigenvalue weighted by atomic mass is 15.0. The van der Waals surface area contributed by atoms with Crippen molar-refractivity contribution in [2.45, 2.75) is 142 Å². The third-order valence-corrected chi connectivity index (χ3v) is 7.32. The number of hydrogen-bond acceptors (Lipinski definition) is 2. The fourth-order valence-corrected chi connectivity index (χ4v) is 6.45. The van der Waals surface area contributed by atoms with E-state index in [0.29, 0.717) is 0 Å². The summed E-state index contributed by atoms with van der Waals surface area (Å²) in [5, 5.41) is 7.80. The molecule has 2 fully saturated rings. The predicted molar refractivity (Wildman–Crippen MR) is 120 cm³/mol. The molecule has 3 atom stereocenters. The summed E-state index contributed by atoms with van der Waals surface area (Å²) in [4.78, 5) is 0. The van der Waals surface area contributed by atoms with Crippen LogP contribution in [0.2, 0.25) is 0 Å². The molecule has 2 aliphatic heterocycles. The maximum atomic E-state index is 3.90. The molecular weight excluding hydrogens is 328 g/mol. The van der Waals surface area contributed by atoms with Crippen LogP contribution in [0, 0.1) is 17.8 Å². The molecular formula is C25H50N2. The molecule has 0 aliphatic carbocycles. The summed E-state index contributed by atoms with van der Waals surface area (Å²) in [6, 6.07) is 0. The molecule has 0 aromatic carbocycles. The first-order valence-corrected chi connectivity index (χ1v) is 11.8. The zero-order chi connectivity index (χ0) is 20.5. The van der Waals surface area contributed by atoms with Gasteiger partial charge >= 0.3 is 0 Å². The predicted octanol–water partition coefficient (Wildman–Crippen LogP) is 6.69. The van der Waals surface area contributed by atoms with Gasteiger partial charge in [-0.05, 0) is 112 Å². The van der Waals surface area contributed by atoms with Gasteiger partial charge in [0.2, 0.25) is 0 Å². The minimum absolute atomic E-state index is 0.265. The topological polar surface area (TPSA) is 24.1 Å². The summed E-state index contributed by atoms with van der Waals surface area (Å²) in [6.45, 7) is 21.7. The Labute approximate surface area is 171 Å². The molecule has 160 valence electrons. The van der Waals surface area contributed by atoms with Crippen molar-refractivity contribution < 1.29 is 0 Å². The van der Waals surface area contributed by atoms with Crippen molar-refractivity contribution >= 4 is 0 Å². The van der Waals surface area contributed by atoms with E-state index in [-0.39, 0.29) is 22.2 Å². The second-order valence-corrected chi connectivity index (χ2v) is 12.8. The zero-order valence-corrected chi connectivity index (χ0v) is 20.1. The van der Waals surface area contributed by atoms with Crippen molar-refractivity contribution in [3.63, 3.8) is 0 Å². The van der Waals surface area contributed by atoms with Crippen LogP contribution in [0.15, 0.2) is 0 Å². The molecule has 2 heteroatoms. The van der Waals surface area contributed by atoms with Gasteiger partial charge in [0, 0.05) is 22.2 Å². The smallest absolute Gasteiger partial charge is 0.0132 e. The van der Waals surface area contributed by atoms with E-state index >= 15 is 0 Å². The summed E-state index contributed by atoms with van der Waals surface area (Å²) >= 11 is 0. The fraction of sp³-hybridized carbons (Fsp3) is 1.00. The highest BCUT2D eigenvalue weighted by Gasteiger charge is 2.36. The summed E-state index contributed by atoms with van der Waals surface area (Å²) in [7, 11) is 0. The molecule has 0 aromatic rings. The maximum absolute atomic E-state index is 3.90. The maximum Gasteiger partial charge on any atom is 0.0132 e. The second kappa shape index (κ2) is 8.34. The molecule has 0 radical (unpaired) electrons. The van der Waals surface area contributed by atoms with Gasteiger partial charge < -0.3 is 10.6 Å². The van der Waals surface area contributed by atoms with Crippen LogP contribution in [0.1, 0.15) is 120 Å². The largest absolute Gasteiger partial charge is 0.307 e. The molecule has 0 bridgehead atoms. The van der Waals surface area contributed by atoms with Crippen LogP contribution in [0.25, 0.3) is 0 Å². The molecule has 0 amide bonds. The van der Waals surface area contributed by atoms with E-state index in [9.17, 15) is 0 Å². The van der Waals surface area contributed by atoms with Gasteiger partial charge in [0.25, 0.3) is 0 Å². The Morgan fingerprint density at radius 3 is 1.85 bits per heavy atom. The van der Waals surface area contributed by atoms with Crippen molar-refractivity contribution in [2.24, 2.45) is 17.8 Å². The molecule has 0 spiro atoms. The quantitative estimate of drug-likeness (QED) is 0.557. The number of hydrogen-bond donors (Lipinski definition) is 2. The van der Waals surface area contributed by atoms with Crippen molar-refractivity contribution in [3.05, 3.63) is 0 Å². The summed E-state index contributed by atoms with van der Waals surface area (Å²) in [5.41, 5.74) is 1.11. The Balaban J connectivity index is 1.84. The average Bonchev–Trinajstić information content (AvgIpc) is 2.63. The van der Waals surface area contributed by atoms with E-state index in [1.165, 1.54) is 57.8 Å². The molecule has 0 saturated carbocycles. The lowest BCUT2D eigenvalue weighted by Crippen LogP contribution is -2.50. The fourth-order valence-electron chi connectivity index (χ4n) is 6.45. The molecule has 2 aliphatic rings. The molecule has 3 unspecified atom stereocenters. The van der Waals surface area contributed by atoms with E-state index in [0.717, 1.165) is 17.8 Å². The van der Waals surface area contributed by atoms with Crippen LogP contribution >= 0.6 is 0 Å². The minimum Gasteiger partial charge on any atom is -0.307 e. The minimum atomic E-state index is 0.265. The first-order chi connectivity index (χ1) is 12.2. The molecule has 2 nitrogen and oxygen atoms in total. The van der Waals surface area contributed by atoms with Crippen molar-refractivity contribution in [1.82, 2.24) is 10.6 Å². The van der Waals surface area contributed by atoms with E-state index in [1.54, 1.807) is 0 Å². The van der Waals surface area contributed by atoms with Crippen LogP contribution in [0.3, 0.4) is 0 Å². The first-order valence-electron chi connectivity index (χ1n) is 11.8. The van der Waals surface area contributed by atoms with E-state index < -0.39 is 0 Å². The van der Waals surface area contributed by atoms with Gasteiger partial charge in [-0.15, -0.1) is 0 Å². The highest BCUT2D eigenvalue weighted by molar-refractivity contribution is 4.95. The van der Waals surface area contributed by atoms with Gasteiger partial charge in [-0.3, -0.25) is 0 Å². The lowest BCUT2D eigenvalue weighted by Gasteiger charge is -2.35. The van der Waals surface area contributed by atoms with Gasteiger partial charge in [-0.25, -0.2) is 0 Å². The van der Waals surface area contributed by atoms with E-state index in [2.05, 4.69) is 72.9 Å². The lowest BCUT2D eigenvalue weighted by molar-refractivity contribution is 0.227. The molecule has 2 heterocycles. The first kappa shape index (κ1) is 23.2. The Kier molecular flexibility index (Phi) is 7.17. The molecule has 2 rings (SSSR count). The Hall–Kier alpha value is -0.0800. The molecule has 2 N–H and O–H groups in total. The van der Waals surface area contributed by atoms with Crippen molar-refractivity contribution in [1.29, 1.82) is 0 Å². The van der Waals surface area contributed by atoms with Crippen LogP contribution < -0.4 is 10.6 Å². The monoisotopic (exact) mass is 378 g/mol. The van der Waals surface area contributed by atoms with E-state index in [1.807, 2.05) is 0 Å². The lowest BCUT2D eigenvalue weighted by atomic mass is 9.78. The molecule has 2 saturated heterocycles. The van der Waals surface area contributed by atoms with Crippen LogP contribution in [0.5, 0.6) is 0 Å². The Morgan fingerprint density at radius 2 is 1.26 bits per heavy atom. The van der Waals surface area contributed by atoms with E-state index in [4.69, 9.17) is 0 Å². The van der Waals surface area contributed by atoms with Crippen molar-refractivity contribution in [2.75, 3.05) is 0 Å². The van der Waals surface area contributed by atoms with Gasteiger partial charge in [-0.2, -0.15) is 0 Å².